The Labute approximate surface area is 100 Å². The summed E-state index contributed by atoms with van der Waals surface area (Å²) in [7, 11) is 0. The van der Waals surface area contributed by atoms with E-state index in [4.69, 9.17) is 11.6 Å². The van der Waals surface area contributed by atoms with Gasteiger partial charge < -0.3 is 10.4 Å². The molecule has 88 valence electrons. The molecule has 0 unspecified atom stereocenters. The van der Waals surface area contributed by atoms with Crippen LogP contribution in [0.25, 0.3) is 0 Å². The molecule has 1 aromatic carbocycles. The zero-order valence-corrected chi connectivity index (χ0v) is 10.2. The number of aromatic hydroxyl groups is 1. The third kappa shape index (κ3) is 4.11. The van der Waals surface area contributed by atoms with Crippen molar-refractivity contribution in [2.24, 2.45) is 5.92 Å². The molecule has 2 N–H and O–H groups in total. The molecular weight excluding hydrogens is 226 g/mol. The van der Waals surface area contributed by atoms with Crippen LogP contribution >= 0.6 is 11.6 Å². The number of benzene rings is 1. The van der Waals surface area contributed by atoms with Crippen LogP contribution in [0.2, 0.25) is 5.02 Å². The van der Waals surface area contributed by atoms with Gasteiger partial charge in [0.15, 0.2) is 0 Å². The second-order valence-electron chi connectivity index (χ2n) is 4.15. The standard InChI is InChI=1S/C12H16ClNO2/c1-8(2)3-6-12(16)14-9-4-5-10(13)11(15)7-9/h4-5,7-8,15H,3,6H2,1-2H3,(H,14,16). The molecule has 0 aliphatic heterocycles. The first kappa shape index (κ1) is 12.8. The Hall–Kier alpha value is -1.22. The van der Waals surface area contributed by atoms with Crippen molar-refractivity contribution in [1.82, 2.24) is 0 Å². The van der Waals surface area contributed by atoms with Crippen LogP contribution < -0.4 is 5.32 Å². The zero-order chi connectivity index (χ0) is 12.1. The molecule has 1 amide bonds. The fraction of sp³-hybridized carbons (Fsp3) is 0.417. The number of carbonyl (C=O) groups excluding carboxylic acids is 1. The van der Waals surface area contributed by atoms with Gasteiger partial charge in [-0.25, -0.2) is 0 Å². The van der Waals surface area contributed by atoms with E-state index in [1.54, 1.807) is 12.1 Å². The topological polar surface area (TPSA) is 49.3 Å². The van der Waals surface area contributed by atoms with Crippen molar-refractivity contribution in [2.45, 2.75) is 26.7 Å². The Kier molecular flexibility index (Phi) is 4.62. The minimum Gasteiger partial charge on any atom is -0.506 e. The van der Waals surface area contributed by atoms with Gasteiger partial charge in [0.1, 0.15) is 5.75 Å². The van der Waals surface area contributed by atoms with Gasteiger partial charge in [-0.05, 0) is 24.5 Å². The smallest absolute Gasteiger partial charge is 0.224 e. The summed E-state index contributed by atoms with van der Waals surface area (Å²) in [6.07, 6.45) is 1.34. The largest absolute Gasteiger partial charge is 0.506 e. The number of hydrogen-bond donors (Lipinski definition) is 2. The number of hydrogen-bond acceptors (Lipinski definition) is 2. The molecule has 1 rings (SSSR count). The molecule has 4 heteroatoms. The maximum absolute atomic E-state index is 11.5. The predicted molar refractivity (Wildman–Crippen MR) is 65.8 cm³/mol. The Morgan fingerprint density at radius 3 is 2.75 bits per heavy atom. The van der Waals surface area contributed by atoms with E-state index >= 15 is 0 Å². The molecule has 0 aliphatic rings. The highest BCUT2D eigenvalue weighted by atomic mass is 35.5. The first-order chi connectivity index (χ1) is 7.49. The summed E-state index contributed by atoms with van der Waals surface area (Å²) < 4.78 is 0. The molecular formula is C12H16ClNO2. The van der Waals surface area contributed by atoms with Crippen LogP contribution in [0.5, 0.6) is 5.75 Å². The minimum absolute atomic E-state index is 0.0247. The monoisotopic (exact) mass is 241 g/mol. The quantitative estimate of drug-likeness (QED) is 0.849. The van der Waals surface area contributed by atoms with Gasteiger partial charge in [-0.2, -0.15) is 0 Å². The third-order valence-electron chi connectivity index (χ3n) is 2.18. The van der Waals surface area contributed by atoms with Gasteiger partial charge in [-0.3, -0.25) is 4.79 Å². The number of nitrogens with one attached hydrogen (secondary N) is 1. The van der Waals surface area contributed by atoms with Crippen LogP contribution in [0.15, 0.2) is 18.2 Å². The maximum Gasteiger partial charge on any atom is 0.224 e. The number of phenols is 1. The van der Waals surface area contributed by atoms with E-state index in [1.807, 2.05) is 0 Å². The molecule has 3 nitrogen and oxygen atoms in total. The van der Waals surface area contributed by atoms with Crippen LogP contribution in [-0.2, 0) is 4.79 Å². The molecule has 0 saturated heterocycles. The van der Waals surface area contributed by atoms with E-state index in [0.717, 1.165) is 6.42 Å². The number of halogens is 1. The van der Waals surface area contributed by atoms with Crippen molar-refractivity contribution in [3.8, 4) is 5.75 Å². The molecule has 0 radical (unpaired) electrons. The van der Waals surface area contributed by atoms with Crippen molar-refractivity contribution in [3.05, 3.63) is 23.2 Å². The van der Waals surface area contributed by atoms with Crippen LogP contribution in [-0.4, -0.2) is 11.0 Å². The summed E-state index contributed by atoms with van der Waals surface area (Å²) in [6, 6.07) is 4.65. The maximum atomic E-state index is 11.5. The molecule has 0 atom stereocenters. The van der Waals surface area contributed by atoms with E-state index in [0.29, 0.717) is 18.0 Å². The average molecular weight is 242 g/mol. The van der Waals surface area contributed by atoms with Crippen LogP contribution in [0, 0.1) is 5.92 Å². The average Bonchev–Trinajstić information content (AvgIpc) is 2.21. The van der Waals surface area contributed by atoms with Crippen molar-refractivity contribution in [2.75, 3.05) is 5.32 Å². The molecule has 0 bridgehead atoms. The molecule has 0 fully saturated rings. The highest BCUT2D eigenvalue weighted by Gasteiger charge is 2.05. The van der Waals surface area contributed by atoms with E-state index in [9.17, 15) is 9.90 Å². The number of carbonyl (C=O) groups is 1. The Balaban J connectivity index is 2.53. The summed E-state index contributed by atoms with van der Waals surface area (Å²) in [5.41, 5.74) is 0.565. The van der Waals surface area contributed by atoms with Gasteiger partial charge in [0.25, 0.3) is 0 Å². The van der Waals surface area contributed by atoms with Gasteiger partial charge in [-0.15, -0.1) is 0 Å². The number of amides is 1. The molecule has 0 saturated carbocycles. The van der Waals surface area contributed by atoms with Crippen molar-refractivity contribution in [1.29, 1.82) is 0 Å². The molecule has 16 heavy (non-hydrogen) atoms. The van der Waals surface area contributed by atoms with E-state index in [2.05, 4.69) is 19.2 Å². The number of rotatable bonds is 4. The fourth-order valence-corrected chi connectivity index (χ4v) is 1.35. The van der Waals surface area contributed by atoms with Gasteiger partial charge in [0.2, 0.25) is 5.91 Å². The lowest BCUT2D eigenvalue weighted by Gasteiger charge is -2.07. The summed E-state index contributed by atoms with van der Waals surface area (Å²) in [4.78, 5) is 11.5. The Morgan fingerprint density at radius 2 is 2.19 bits per heavy atom. The molecule has 0 heterocycles. The summed E-state index contributed by atoms with van der Waals surface area (Å²) >= 11 is 5.66. The van der Waals surface area contributed by atoms with Crippen LogP contribution in [0.1, 0.15) is 26.7 Å². The second kappa shape index (κ2) is 5.75. The molecule has 0 aliphatic carbocycles. The number of phenolic OH excluding ortho intramolecular Hbond substituents is 1. The Morgan fingerprint density at radius 1 is 1.50 bits per heavy atom. The van der Waals surface area contributed by atoms with Crippen molar-refractivity contribution in [3.63, 3.8) is 0 Å². The second-order valence-corrected chi connectivity index (χ2v) is 4.55. The van der Waals surface area contributed by atoms with Crippen molar-refractivity contribution < 1.29 is 9.90 Å². The highest BCUT2D eigenvalue weighted by molar-refractivity contribution is 6.32. The summed E-state index contributed by atoms with van der Waals surface area (Å²) in [5, 5.41) is 12.3. The lowest BCUT2D eigenvalue weighted by molar-refractivity contribution is -0.116. The van der Waals surface area contributed by atoms with Crippen LogP contribution in [0.4, 0.5) is 5.69 Å². The van der Waals surface area contributed by atoms with Crippen LogP contribution in [0.3, 0.4) is 0 Å². The first-order valence-corrected chi connectivity index (χ1v) is 5.65. The molecule has 1 aromatic rings. The lowest BCUT2D eigenvalue weighted by Crippen LogP contribution is -2.11. The molecule has 0 aromatic heterocycles. The van der Waals surface area contributed by atoms with Gasteiger partial charge in [0.05, 0.1) is 5.02 Å². The fourth-order valence-electron chi connectivity index (χ4n) is 1.23. The lowest BCUT2D eigenvalue weighted by atomic mass is 10.1. The SMILES string of the molecule is CC(C)CCC(=O)Nc1ccc(Cl)c(O)c1. The van der Waals surface area contributed by atoms with Gasteiger partial charge in [-0.1, -0.05) is 25.4 Å². The minimum atomic E-state index is -0.0459. The van der Waals surface area contributed by atoms with Crippen molar-refractivity contribution >= 4 is 23.2 Å². The van der Waals surface area contributed by atoms with Gasteiger partial charge in [0, 0.05) is 18.2 Å². The highest BCUT2D eigenvalue weighted by Crippen LogP contribution is 2.26. The zero-order valence-electron chi connectivity index (χ0n) is 9.46. The predicted octanol–water partition coefficient (Wildman–Crippen LogP) is 3.42. The summed E-state index contributed by atoms with van der Waals surface area (Å²) in [6.45, 7) is 4.14. The normalized spacial score (nSPS) is 10.5. The first-order valence-electron chi connectivity index (χ1n) is 5.27. The van der Waals surface area contributed by atoms with E-state index < -0.39 is 0 Å². The third-order valence-corrected chi connectivity index (χ3v) is 2.50. The van der Waals surface area contributed by atoms with E-state index in [-0.39, 0.29) is 16.7 Å². The van der Waals surface area contributed by atoms with E-state index in [1.165, 1.54) is 6.07 Å². The molecule has 0 spiro atoms. The summed E-state index contributed by atoms with van der Waals surface area (Å²) in [5.74, 6) is 0.433. The van der Waals surface area contributed by atoms with Gasteiger partial charge >= 0.3 is 0 Å². The Bertz CT molecular complexity index is 377. The number of anilines is 1.